The summed E-state index contributed by atoms with van der Waals surface area (Å²) in [5.74, 6) is 0.797. The number of nitro benzene ring substituents is 1. The lowest BCUT2D eigenvalue weighted by molar-refractivity contribution is -0.385. The number of likely N-dealkylation sites (N-methyl/N-ethyl adjacent to an activating group) is 1. The monoisotopic (exact) mass is 430 g/mol. The van der Waals surface area contributed by atoms with Crippen LogP contribution in [-0.2, 0) is 11.4 Å². The molecule has 1 amide bonds. The largest absolute Gasteiger partial charge is 0.493 e. The molecular weight excluding hydrogens is 412 g/mol. The third-order valence-electron chi connectivity index (χ3n) is 4.25. The number of carbonyl (C=O) groups excluding carboxylic acids is 1. The number of thiocarbonyl (C=S) groups is 1. The van der Waals surface area contributed by atoms with Crippen molar-refractivity contribution >= 4 is 46.0 Å². The van der Waals surface area contributed by atoms with Gasteiger partial charge in [-0.2, -0.15) is 0 Å². The van der Waals surface area contributed by atoms with Crippen LogP contribution in [0.15, 0.2) is 47.4 Å². The van der Waals surface area contributed by atoms with Crippen LogP contribution in [0.2, 0.25) is 0 Å². The van der Waals surface area contributed by atoms with Crippen LogP contribution < -0.4 is 9.47 Å². The van der Waals surface area contributed by atoms with Crippen molar-refractivity contribution in [3.8, 4) is 11.5 Å². The maximum absolute atomic E-state index is 12.4. The zero-order valence-electron chi connectivity index (χ0n) is 15.8. The first-order valence-electron chi connectivity index (χ1n) is 8.73. The van der Waals surface area contributed by atoms with Crippen LogP contribution in [0.5, 0.6) is 11.5 Å². The summed E-state index contributed by atoms with van der Waals surface area (Å²) in [7, 11) is 1.51. The second kappa shape index (κ2) is 9.06. The predicted molar refractivity (Wildman–Crippen MR) is 116 cm³/mol. The number of carbonyl (C=O) groups is 1. The lowest BCUT2D eigenvalue weighted by Crippen LogP contribution is -2.27. The topological polar surface area (TPSA) is 81.9 Å². The highest BCUT2D eigenvalue weighted by Gasteiger charge is 2.30. The zero-order chi connectivity index (χ0) is 21.0. The maximum Gasteiger partial charge on any atom is 0.276 e. The number of hydrogen-bond donors (Lipinski definition) is 0. The fraction of sp³-hybridized carbons (Fsp3) is 0.200. The Morgan fingerprint density at radius 1 is 1.24 bits per heavy atom. The Balaban J connectivity index is 1.80. The van der Waals surface area contributed by atoms with Crippen LogP contribution in [0.3, 0.4) is 0 Å². The van der Waals surface area contributed by atoms with Crippen LogP contribution in [0, 0.1) is 10.1 Å². The van der Waals surface area contributed by atoms with Gasteiger partial charge < -0.3 is 9.47 Å². The van der Waals surface area contributed by atoms with Crippen LogP contribution in [0.4, 0.5) is 5.69 Å². The molecule has 0 bridgehead atoms. The number of ether oxygens (including phenoxy) is 2. The fourth-order valence-corrected chi connectivity index (χ4v) is 4.17. The van der Waals surface area contributed by atoms with Gasteiger partial charge in [0, 0.05) is 12.6 Å². The molecule has 7 nitrogen and oxygen atoms in total. The average Bonchev–Trinajstić information content (AvgIpc) is 2.99. The molecule has 0 saturated carbocycles. The Hall–Kier alpha value is -2.91. The van der Waals surface area contributed by atoms with E-state index in [0.29, 0.717) is 32.8 Å². The molecule has 150 valence electrons. The fourth-order valence-electron chi connectivity index (χ4n) is 2.78. The molecule has 0 atom stereocenters. The van der Waals surface area contributed by atoms with Crippen molar-refractivity contribution in [1.82, 2.24) is 4.90 Å². The van der Waals surface area contributed by atoms with Crippen molar-refractivity contribution in [2.75, 3.05) is 13.7 Å². The molecule has 0 radical (unpaired) electrons. The second-order valence-corrected chi connectivity index (χ2v) is 7.69. The summed E-state index contributed by atoms with van der Waals surface area (Å²) >= 11 is 6.49. The van der Waals surface area contributed by atoms with Crippen molar-refractivity contribution < 1.29 is 19.2 Å². The summed E-state index contributed by atoms with van der Waals surface area (Å²) in [4.78, 5) is 25.2. The molecule has 0 aliphatic carbocycles. The molecule has 0 spiro atoms. The number of nitro groups is 1. The quantitative estimate of drug-likeness (QED) is 0.279. The Morgan fingerprint density at radius 2 is 2.00 bits per heavy atom. The lowest BCUT2D eigenvalue weighted by Gasteiger charge is -2.12. The van der Waals surface area contributed by atoms with E-state index in [1.165, 1.54) is 24.9 Å². The molecule has 1 aliphatic heterocycles. The van der Waals surface area contributed by atoms with Crippen LogP contribution in [0.1, 0.15) is 18.1 Å². The third-order valence-corrected chi connectivity index (χ3v) is 5.62. The summed E-state index contributed by atoms with van der Waals surface area (Å²) in [6.07, 6.45) is 1.75. The van der Waals surface area contributed by atoms with Crippen molar-refractivity contribution in [1.29, 1.82) is 0 Å². The molecule has 0 unspecified atom stereocenters. The van der Waals surface area contributed by atoms with Crippen molar-refractivity contribution in [3.05, 3.63) is 68.6 Å². The summed E-state index contributed by atoms with van der Waals surface area (Å²) in [6.45, 7) is 2.44. The van der Waals surface area contributed by atoms with Gasteiger partial charge in [-0.05, 0) is 36.8 Å². The van der Waals surface area contributed by atoms with Gasteiger partial charge >= 0.3 is 0 Å². The van der Waals surface area contributed by atoms with E-state index in [4.69, 9.17) is 21.7 Å². The third kappa shape index (κ3) is 4.57. The molecule has 1 aliphatic rings. The van der Waals surface area contributed by atoms with Gasteiger partial charge in [0.25, 0.3) is 11.6 Å². The Morgan fingerprint density at radius 3 is 2.66 bits per heavy atom. The zero-order valence-corrected chi connectivity index (χ0v) is 17.4. The summed E-state index contributed by atoms with van der Waals surface area (Å²) in [5.41, 5.74) is 1.23. The SMILES string of the molecule is CCN1C(=O)/C(=C\c2ccc(OCc3ccccc3[N+](=O)[O-])c(OC)c2)SC1=S. The Bertz CT molecular complexity index is 1010. The van der Waals surface area contributed by atoms with E-state index in [1.807, 2.05) is 6.92 Å². The van der Waals surface area contributed by atoms with E-state index >= 15 is 0 Å². The first kappa shape index (κ1) is 20.8. The van der Waals surface area contributed by atoms with Crippen LogP contribution in [-0.4, -0.2) is 33.7 Å². The molecular formula is C20H18N2O5S2. The number of benzene rings is 2. The van der Waals surface area contributed by atoms with Gasteiger partial charge in [-0.25, -0.2) is 0 Å². The van der Waals surface area contributed by atoms with Gasteiger partial charge in [0.15, 0.2) is 11.5 Å². The number of methoxy groups -OCH3 is 1. The normalized spacial score (nSPS) is 15.1. The van der Waals surface area contributed by atoms with Crippen molar-refractivity contribution in [3.63, 3.8) is 0 Å². The number of nitrogens with zero attached hydrogens (tertiary/aromatic N) is 2. The summed E-state index contributed by atoms with van der Waals surface area (Å²) in [6, 6.07) is 11.7. The molecule has 1 fully saturated rings. The highest BCUT2D eigenvalue weighted by molar-refractivity contribution is 8.26. The standard InChI is InChI=1S/C20H18N2O5S2/c1-3-21-19(23)18(29-20(21)28)11-13-8-9-16(17(10-13)26-2)27-12-14-6-4-5-7-15(14)22(24)25/h4-11H,3,12H2,1-2H3/b18-11+. The molecule has 1 saturated heterocycles. The second-order valence-electron chi connectivity index (χ2n) is 6.01. The summed E-state index contributed by atoms with van der Waals surface area (Å²) in [5, 5.41) is 11.1. The van der Waals surface area contributed by atoms with E-state index in [0.717, 1.165) is 5.56 Å². The Kier molecular flexibility index (Phi) is 6.50. The highest BCUT2D eigenvalue weighted by atomic mass is 32.2. The molecule has 9 heteroatoms. The minimum absolute atomic E-state index is 0.000961. The minimum atomic E-state index is -0.439. The van der Waals surface area contributed by atoms with Gasteiger partial charge in [-0.1, -0.05) is 42.2 Å². The lowest BCUT2D eigenvalue weighted by atomic mass is 10.1. The van der Waals surface area contributed by atoms with Gasteiger partial charge in [0.1, 0.15) is 10.9 Å². The predicted octanol–water partition coefficient (Wildman–Crippen LogP) is 4.40. The Labute approximate surface area is 177 Å². The van der Waals surface area contributed by atoms with Crippen LogP contribution in [0.25, 0.3) is 6.08 Å². The van der Waals surface area contributed by atoms with Gasteiger partial charge in [-0.15, -0.1) is 0 Å². The minimum Gasteiger partial charge on any atom is -0.493 e. The molecule has 2 aromatic rings. The average molecular weight is 431 g/mol. The van der Waals surface area contributed by atoms with E-state index < -0.39 is 4.92 Å². The molecule has 29 heavy (non-hydrogen) atoms. The number of hydrogen-bond acceptors (Lipinski definition) is 7. The molecule has 2 aromatic carbocycles. The smallest absolute Gasteiger partial charge is 0.276 e. The van der Waals surface area contributed by atoms with E-state index in [9.17, 15) is 14.9 Å². The molecule has 0 aromatic heterocycles. The summed E-state index contributed by atoms with van der Waals surface area (Å²) < 4.78 is 11.7. The molecule has 0 N–H and O–H groups in total. The van der Waals surface area contributed by atoms with Gasteiger partial charge in [0.2, 0.25) is 0 Å². The van der Waals surface area contributed by atoms with E-state index in [2.05, 4.69) is 0 Å². The number of para-hydroxylation sites is 1. The van der Waals surface area contributed by atoms with Crippen molar-refractivity contribution in [2.24, 2.45) is 0 Å². The molecule has 3 rings (SSSR count). The van der Waals surface area contributed by atoms with Gasteiger partial charge in [-0.3, -0.25) is 19.8 Å². The van der Waals surface area contributed by atoms with E-state index in [1.54, 1.807) is 47.4 Å². The maximum atomic E-state index is 12.4. The van der Waals surface area contributed by atoms with Gasteiger partial charge in [0.05, 0.1) is 22.5 Å². The highest BCUT2D eigenvalue weighted by Crippen LogP contribution is 2.35. The van der Waals surface area contributed by atoms with Crippen molar-refractivity contribution in [2.45, 2.75) is 13.5 Å². The van der Waals surface area contributed by atoms with Crippen LogP contribution >= 0.6 is 24.0 Å². The first-order chi connectivity index (χ1) is 13.9. The number of amides is 1. The number of thioether (sulfide) groups is 1. The van der Waals surface area contributed by atoms with E-state index in [-0.39, 0.29) is 18.2 Å². The first-order valence-corrected chi connectivity index (χ1v) is 9.95. The number of rotatable bonds is 7. The molecule has 1 heterocycles.